The first-order valence-electron chi connectivity index (χ1n) is 9.04. The molecule has 6 heteroatoms. The summed E-state index contributed by atoms with van der Waals surface area (Å²) in [5.74, 6) is -1.62. The van der Waals surface area contributed by atoms with Crippen molar-refractivity contribution in [3.63, 3.8) is 0 Å². The van der Waals surface area contributed by atoms with Gasteiger partial charge < -0.3 is 10.4 Å². The average molecular weight is 370 g/mol. The minimum Gasteiger partial charge on any atom is -0.481 e. The summed E-state index contributed by atoms with van der Waals surface area (Å²) in [5, 5.41) is 12.0. The van der Waals surface area contributed by atoms with E-state index in [1.807, 2.05) is 25.1 Å². The minimum atomic E-state index is -0.712. The van der Waals surface area contributed by atoms with E-state index in [0.29, 0.717) is 24.1 Å². The number of piperidine rings is 1. The Balaban J connectivity index is 1.65. The van der Waals surface area contributed by atoms with Crippen LogP contribution in [0.25, 0.3) is 0 Å². The molecule has 0 radical (unpaired) electrons. The molecule has 142 valence electrons. The van der Waals surface area contributed by atoms with Crippen molar-refractivity contribution in [3.8, 4) is 0 Å². The highest BCUT2D eigenvalue weighted by molar-refractivity contribution is 6.04. The maximum absolute atomic E-state index is 13.0. The second kappa shape index (κ2) is 8.31. The molecule has 1 amide bonds. The quantitative estimate of drug-likeness (QED) is 0.842. The van der Waals surface area contributed by atoms with Crippen LogP contribution in [0, 0.1) is 18.7 Å². The van der Waals surface area contributed by atoms with Crippen LogP contribution in [-0.2, 0) is 11.3 Å². The Hall–Kier alpha value is -2.73. The predicted molar refractivity (Wildman–Crippen MR) is 101 cm³/mol. The Labute approximate surface area is 157 Å². The molecule has 27 heavy (non-hydrogen) atoms. The minimum absolute atomic E-state index is 0.247. The van der Waals surface area contributed by atoms with Gasteiger partial charge in [0.15, 0.2) is 0 Å². The molecular formula is C21H23FN2O3. The van der Waals surface area contributed by atoms with Crippen LogP contribution in [0.5, 0.6) is 0 Å². The van der Waals surface area contributed by atoms with Gasteiger partial charge in [0.25, 0.3) is 5.91 Å². The second-order valence-corrected chi connectivity index (χ2v) is 6.99. The van der Waals surface area contributed by atoms with E-state index in [1.165, 1.54) is 24.3 Å². The fourth-order valence-electron chi connectivity index (χ4n) is 3.30. The molecule has 0 spiro atoms. The van der Waals surface area contributed by atoms with E-state index < -0.39 is 5.97 Å². The Kier molecular flexibility index (Phi) is 5.86. The van der Waals surface area contributed by atoms with Gasteiger partial charge in [-0.15, -0.1) is 0 Å². The van der Waals surface area contributed by atoms with Crippen molar-refractivity contribution in [2.75, 3.05) is 18.4 Å². The van der Waals surface area contributed by atoms with Crippen LogP contribution in [0.2, 0.25) is 0 Å². The highest BCUT2D eigenvalue weighted by atomic mass is 19.1. The van der Waals surface area contributed by atoms with E-state index in [1.54, 1.807) is 0 Å². The molecule has 1 saturated heterocycles. The summed E-state index contributed by atoms with van der Waals surface area (Å²) in [5.41, 5.74) is 3.30. The zero-order valence-corrected chi connectivity index (χ0v) is 15.2. The first kappa shape index (κ1) is 19.0. The highest BCUT2D eigenvalue weighted by Crippen LogP contribution is 2.22. The smallest absolute Gasteiger partial charge is 0.306 e. The van der Waals surface area contributed by atoms with Crippen LogP contribution >= 0.6 is 0 Å². The first-order valence-corrected chi connectivity index (χ1v) is 9.04. The SMILES string of the molecule is Cc1ccc(NC(=O)c2ccc(F)cc2)cc1CN1CCC(C(=O)O)CC1. The molecule has 1 aliphatic rings. The molecule has 0 aromatic heterocycles. The first-order chi connectivity index (χ1) is 12.9. The number of carboxylic acids is 1. The van der Waals surface area contributed by atoms with Gasteiger partial charge in [-0.3, -0.25) is 14.5 Å². The lowest BCUT2D eigenvalue weighted by Gasteiger charge is -2.30. The van der Waals surface area contributed by atoms with Gasteiger partial charge in [-0.25, -0.2) is 4.39 Å². The van der Waals surface area contributed by atoms with Gasteiger partial charge in [0.1, 0.15) is 5.82 Å². The van der Waals surface area contributed by atoms with Crippen LogP contribution < -0.4 is 5.32 Å². The molecular weight excluding hydrogens is 347 g/mol. The van der Waals surface area contributed by atoms with Gasteiger partial charge in [0.05, 0.1) is 5.92 Å². The number of aryl methyl sites for hydroxylation is 1. The Morgan fingerprint density at radius 2 is 1.81 bits per heavy atom. The molecule has 2 N–H and O–H groups in total. The molecule has 1 aliphatic heterocycles. The van der Waals surface area contributed by atoms with E-state index in [2.05, 4.69) is 10.2 Å². The number of anilines is 1. The van der Waals surface area contributed by atoms with Crippen LogP contribution in [0.3, 0.4) is 0 Å². The Morgan fingerprint density at radius 1 is 1.15 bits per heavy atom. The van der Waals surface area contributed by atoms with Crippen molar-refractivity contribution in [2.45, 2.75) is 26.3 Å². The van der Waals surface area contributed by atoms with Crippen LogP contribution in [-0.4, -0.2) is 35.0 Å². The number of benzene rings is 2. The number of nitrogens with one attached hydrogen (secondary N) is 1. The number of halogens is 1. The lowest BCUT2D eigenvalue weighted by Crippen LogP contribution is -2.36. The van der Waals surface area contributed by atoms with Crippen molar-refractivity contribution < 1.29 is 19.1 Å². The van der Waals surface area contributed by atoms with Gasteiger partial charge in [0.2, 0.25) is 0 Å². The zero-order chi connectivity index (χ0) is 19.4. The number of hydrogen-bond donors (Lipinski definition) is 2. The van der Waals surface area contributed by atoms with E-state index in [-0.39, 0.29) is 17.6 Å². The third-order valence-corrected chi connectivity index (χ3v) is 5.04. The number of amides is 1. The molecule has 2 aromatic carbocycles. The standard InChI is InChI=1S/C21H23FN2O3/c1-14-2-7-19(23-20(25)15-3-5-18(22)6-4-15)12-17(14)13-24-10-8-16(9-11-24)21(26)27/h2-7,12,16H,8-11,13H2,1H3,(H,23,25)(H,26,27). The summed E-state index contributed by atoms with van der Waals surface area (Å²) in [6.45, 7) is 4.24. The lowest BCUT2D eigenvalue weighted by atomic mass is 9.96. The van der Waals surface area contributed by atoms with Crippen molar-refractivity contribution in [1.82, 2.24) is 4.90 Å². The summed E-state index contributed by atoms with van der Waals surface area (Å²) in [6, 6.07) is 11.2. The number of likely N-dealkylation sites (tertiary alicyclic amines) is 1. The summed E-state index contributed by atoms with van der Waals surface area (Å²) in [6.07, 6.45) is 1.32. The van der Waals surface area contributed by atoms with Gasteiger partial charge in [-0.1, -0.05) is 6.07 Å². The Morgan fingerprint density at radius 3 is 2.44 bits per heavy atom. The van der Waals surface area contributed by atoms with E-state index >= 15 is 0 Å². The maximum atomic E-state index is 13.0. The molecule has 0 unspecified atom stereocenters. The molecule has 3 rings (SSSR count). The topological polar surface area (TPSA) is 69.6 Å². The number of carbonyl (C=O) groups excluding carboxylic acids is 1. The molecule has 0 saturated carbocycles. The van der Waals surface area contributed by atoms with Crippen LogP contribution in [0.15, 0.2) is 42.5 Å². The molecule has 5 nitrogen and oxygen atoms in total. The maximum Gasteiger partial charge on any atom is 0.306 e. The third kappa shape index (κ3) is 4.92. The number of rotatable bonds is 5. The monoisotopic (exact) mass is 370 g/mol. The van der Waals surface area contributed by atoms with Crippen molar-refractivity contribution >= 4 is 17.6 Å². The van der Waals surface area contributed by atoms with Crippen molar-refractivity contribution in [1.29, 1.82) is 0 Å². The highest BCUT2D eigenvalue weighted by Gasteiger charge is 2.24. The van der Waals surface area contributed by atoms with Crippen molar-refractivity contribution in [2.24, 2.45) is 5.92 Å². The molecule has 0 bridgehead atoms. The summed E-state index contributed by atoms with van der Waals surface area (Å²) in [4.78, 5) is 25.6. The predicted octanol–water partition coefficient (Wildman–Crippen LogP) is 3.68. The van der Waals surface area contributed by atoms with Gasteiger partial charge >= 0.3 is 5.97 Å². The molecule has 0 aliphatic carbocycles. The van der Waals surface area contributed by atoms with E-state index in [4.69, 9.17) is 5.11 Å². The molecule has 2 aromatic rings. The average Bonchev–Trinajstić information content (AvgIpc) is 2.65. The van der Waals surface area contributed by atoms with Crippen molar-refractivity contribution in [3.05, 3.63) is 65.0 Å². The number of hydrogen-bond acceptors (Lipinski definition) is 3. The largest absolute Gasteiger partial charge is 0.481 e. The van der Waals surface area contributed by atoms with E-state index in [9.17, 15) is 14.0 Å². The summed E-state index contributed by atoms with van der Waals surface area (Å²) >= 11 is 0. The lowest BCUT2D eigenvalue weighted by molar-refractivity contribution is -0.143. The van der Waals surface area contributed by atoms with E-state index in [0.717, 1.165) is 30.8 Å². The van der Waals surface area contributed by atoms with Gasteiger partial charge in [-0.2, -0.15) is 0 Å². The number of carbonyl (C=O) groups is 2. The number of carboxylic acid groups (broad SMARTS) is 1. The van der Waals surface area contributed by atoms with Crippen LogP contribution in [0.4, 0.5) is 10.1 Å². The summed E-state index contributed by atoms with van der Waals surface area (Å²) < 4.78 is 13.0. The molecule has 1 heterocycles. The number of nitrogens with zero attached hydrogens (tertiary/aromatic N) is 1. The molecule has 1 fully saturated rings. The van der Waals surface area contributed by atoms with Gasteiger partial charge in [0, 0.05) is 17.8 Å². The number of aliphatic carboxylic acids is 1. The third-order valence-electron chi connectivity index (χ3n) is 5.04. The molecule has 0 atom stereocenters. The summed E-state index contributed by atoms with van der Waals surface area (Å²) in [7, 11) is 0. The fourth-order valence-corrected chi connectivity index (χ4v) is 3.30. The zero-order valence-electron chi connectivity index (χ0n) is 15.2. The van der Waals surface area contributed by atoms with Crippen LogP contribution in [0.1, 0.15) is 34.3 Å². The Bertz CT molecular complexity index is 828. The van der Waals surface area contributed by atoms with Gasteiger partial charge in [-0.05, 0) is 80.4 Å². The second-order valence-electron chi connectivity index (χ2n) is 6.99. The normalized spacial score (nSPS) is 15.5. The fraction of sp³-hybridized carbons (Fsp3) is 0.333.